The molecule has 0 fully saturated rings. The number of hydrogen-bond acceptors (Lipinski definition) is 4. The quantitative estimate of drug-likeness (QED) is 0.810. The van der Waals surface area contributed by atoms with Crippen molar-refractivity contribution in [3.63, 3.8) is 0 Å². The summed E-state index contributed by atoms with van der Waals surface area (Å²) in [7, 11) is 0. The van der Waals surface area contributed by atoms with Crippen LogP contribution >= 0.6 is 0 Å². The molecule has 0 bridgehead atoms. The van der Waals surface area contributed by atoms with Crippen molar-refractivity contribution in [2.75, 3.05) is 5.32 Å². The topological polar surface area (TPSA) is 86.0 Å². The first kappa shape index (κ1) is 13.0. The number of hydrogen-bond donors (Lipinski definition) is 2. The summed E-state index contributed by atoms with van der Waals surface area (Å²) in [5, 5.41) is 20.5. The number of pyridine rings is 1. The molecule has 1 heterocycles. The van der Waals surface area contributed by atoms with Crippen LogP contribution in [0.5, 0.6) is 0 Å². The second-order valence-electron chi connectivity index (χ2n) is 4.21. The molecule has 0 aliphatic rings. The van der Waals surface area contributed by atoms with Crippen molar-refractivity contribution in [3.05, 3.63) is 24.0 Å². The maximum atomic E-state index is 11.0. The van der Waals surface area contributed by atoms with E-state index >= 15 is 0 Å². The van der Waals surface area contributed by atoms with E-state index in [1.807, 2.05) is 19.9 Å². The Hall–Kier alpha value is -2.09. The highest BCUT2D eigenvalue weighted by Gasteiger charge is 2.18. The van der Waals surface area contributed by atoms with E-state index in [1.54, 1.807) is 12.1 Å². The molecule has 0 radical (unpaired) electrons. The number of aliphatic carboxylic acids is 1. The minimum atomic E-state index is -0.886. The Bertz CT molecular complexity index is 420. The van der Waals surface area contributed by atoms with E-state index in [4.69, 9.17) is 10.4 Å². The summed E-state index contributed by atoms with van der Waals surface area (Å²) in [5.41, 5.74) is 0.920. The number of carbonyl (C=O) groups is 1. The average Bonchev–Trinajstić information content (AvgIpc) is 2.28. The predicted octanol–water partition coefficient (Wildman–Crippen LogP) is 1.86. The standard InChI is InChI=1S/C12H15N3O2/c1-8(2)5-11(12(16)17)15-10-4-3-9(6-13)14-7-10/h3-4,7-8,11,15H,5H2,1-2H3,(H,16,17)/t11-/m0/s1. The third-order valence-electron chi connectivity index (χ3n) is 2.22. The number of rotatable bonds is 5. The molecule has 0 aromatic carbocycles. The number of carboxylic acid groups (broad SMARTS) is 1. The Labute approximate surface area is 100 Å². The van der Waals surface area contributed by atoms with Crippen molar-refractivity contribution < 1.29 is 9.90 Å². The summed E-state index contributed by atoms with van der Waals surface area (Å²) in [5.74, 6) is -0.599. The maximum Gasteiger partial charge on any atom is 0.326 e. The molecule has 5 heteroatoms. The van der Waals surface area contributed by atoms with Crippen molar-refractivity contribution in [3.8, 4) is 6.07 Å². The molecule has 0 spiro atoms. The molecule has 2 N–H and O–H groups in total. The van der Waals surface area contributed by atoms with Gasteiger partial charge in [0.15, 0.2) is 0 Å². The first-order chi connectivity index (χ1) is 8.02. The first-order valence-electron chi connectivity index (χ1n) is 5.38. The highest BCUT2D eigenvalue weighted by Crippen LogP contribution is 2.12. The molecule has 1 rings (SSSR count). The van der Waals surface area contributed by atoms with Crippen LogP contribution in [0.3, 0.4) is 0 Å². The predicted molar refractivity (Wildman–Crippen MR) is 63.5 cm³/mol. The third-order valence-corrected chi connectivity index (χ3v) is 2.22. The Morgan fingerprint density at radius 3 is 2.71 bits per heavy atom. The summed E-state index contributed by atoms with van der Waals surface area (Å²) in [4.78, 5) is 14.9. The van der Waals surface area contributed by atoms with Crippen LogP contribution < -0.4 is 5.32 Å². The van der Waals surface area contributed by atoms with Crippen molar-refractivity contribution in [2.45, 2.75) is 26.3 Å². The zero-order valence-corrected chi connectivity index (χ0v) is 9.84. The lowest BCUT2D eigenvalue weighted by molar-refractivity contribution is -0.138. The third kappa shape index (κ3) is 4.11. The van der Waals surface area contributed by atoms with Crippen LogP contribution in [0.1, 0.15) is 26.0 Å². The average molecular weight is 233 g/mol. The minimum absolute atomic E-state index is 0.287. The van der Waals surface area contributed by atoms with E-state index in [0.29, 0.717) is 17.8 Å². The van der Waals surface area contributed by atoms with Gasteiger partial charge in [-0.05, 0) is 24.5 Å². The highest BCUT2D eigenvalue weighted by atomic mass is 16.4. The molecule has 0 aliphatic carbocycles. The molecular formula is C12H15N3O2. The highest BCUT2D eigenvalue weighted by molar-refractivity contribution is 5.77. The zero-order valence-electron chi connectivity index (χ0n) is 9.84. The fourth-order valence-electron chi connectivity index (χ4n) is 1.44. The van der Waals surface area contributed by atoms with Crippen LogP contribution in [0.4, 0.5) is 5.69 Å². The molecule has 17 heavy (non-hydrogen) atoms. The van der Waals surface area contributed by atoms with Gasteiger partial charge >= 0.3 is 5.97 Å². The summed E-state index contributed by atoms with van der Waals surface area (Å²) in [6.07, 6.45) is 2.00. The smallest absolute Gasteiger partial charge is 0.326 e. The largest absolute Gasteiger partial charge is 0.480 e. The van der Waals surface area contributed by atoms with Crippen molar-refractivity contribution in [2.24, 2.45) is 5.92 Å². The molecule has 0 unspecified atom stereocenters. The Morgan fingerprint density at radius 2 is 2.29 bits per heavy atom. The molecule has 1 atom stereocenters. The Morgan fingerprint density at radius 1 is 1.59 bits per heavy atom. The lowest BCUT2D eigenvalue weighted by atomic mass is 10.0. The molecule has 1 aromatic heterocycles. The van der Waals surface area contributed by atoms with Gasteiger partial charge in [0.2, 0.25) is 0 Å². The van der Waals surface area contributed by atoms with E-state index in [9.17, 15) is 4.79 Å². The van der Waals surface area contributed by atoms with E-state index in [0.717, 1.165) is 0 Å². The van der Waals surface area contributed by atoms with Crippen molar-refractivity contribution in [1.29, 1.82) is 5.26 Å². The van der Waals surface area contributed by atoms with Gasteiger partial charge in [-0.15, -0.1) is 0 Å². The SMILES string of the molecule is CC(C)C[C@H](Nc1ccc(C#N)nc1)C(=O)O. The van der Waals surface area contributed by atoms with Crippen LogP contribution in [-0.2, 0) is 4.79 Å². The van der Waals surface area contributed by atoms with Gasteiger partial charge in [-0.3, -0.25) is 0 Å². The van der Waals surface area contributed by atoms with Gasteiger partial charge in [-0.25, -0.2) is 9.78 Å². The van der Waals surface area contributed by atoms with Gasteiger partial charge in [0, 0.05) is 0 Å². The number of nitrogens with zero attached hydrogens (tertiary/aromatic N) is 2. The molecule has 0 aliphatic heterocycles. The molecule has 0 amide bonds. The molecular weight excluding hydrogens is 218 g/mol. The minimum Gasteiger partial charge on any atom is -0.480 e. The Kier molecular flexibility index (Phi) is 4.46. The second kappa shape index (κ2) is 5.85. The van der Waals surface area contributed by atoms with Gasteiger partial charge < -0.3 is 10.4 Å². The van der Waals surface area contributed by atoms with Crippen molar-refractivity contribution >= 4 is 11.7 Å². The summed E-state index contributed by atoms with van der Waals surface area (Å²) in [6, 6.07) is 4.48. The number of nitrogens with one attached hydrogen (secondary N) is 1. The van der Waals surface area contributed by atoms with Crippen LogP contribution in [0.2, 0.25) is 0 Å². The number of aromatic nitrogens is 1. The van der Waals surface area contributed by atoms with Crippen LogP contribution in [0, 0.1) is 17.2 Å². The molecule has 0 saturated heterocycles. The summed E-state index contributed by atoms with van der Waals surface area (Å²) >= 11 is 0. The van der Waals surface area contributed by atoms with Gasteiger partial charge in [0.25, 0.3) is 0 Å². The van der Waals surface area contributed by atoms with Crippen LogP contribution in [0.25, 0.3) is 0 Å². The van der Waals surface area contributed by atoms with Crippen LogP contribution in [0.15, 0.2) is 18.3 Å². The zero-order chi connectivity index (χ0) is 12.8. The normalized spacial score (nSPS) is 11.9. The molecule has 1 aromatic rings. The fraction of sp³-hybridized carbons (Fsp3) is 0.417. The lowest BCUT2D eigenvalue weighted by Crippen LogP contribution is -2.30. The van der Waals surface area contributed by atoms with E-state index in [1.165, 1.54) is 6.20 Å². The number of carboxylic acids is 1. The Balaban J connectivity index is 2.72. The first-order valence-corrected chi connectivity index (χ1v) is 5.38. The van der Waals surface area contributed by atoms with Gasteiger partial charge in [0.1, 0.15) is 17.8 Å². The van der Waals surface area contributed by atoms with Crippen LogP contribution in [-0.4, -0.2) is 22.1 Å². The molecule has 5 nitrogen and oxygen atoms in total. The van der Waals surface area contributed by atoms with Gasteiger partial charge in [-0.2, -0.15) is 5.26 Å². The molecule has 90 valence electrons. The molecule has 0 saturated carbocycles. The fourth-order valence-corrected chi connectivity index (χ4v) is 1.44. The van der Waals surface area contributed by atoms with E-state index < -0.39 is 12.0 Å². The van der Waals surface area contributed by atoms with E-state index in [2.05, 4.69) is 10.3 Å². The van der Waals surface area contributed by atoms with Gasteiger partial charge in [0.05, 0.1) is 11.9 Å². The van der Waals surface area contributed by atoms with E-state index in [-0.39, 0.29) is 5.92 Å². The lowest BCUT2D eigenvalue weighted by Gasteiger charge is -2.17. The maximum absolute atomic E-state index is 11.0. The number of anilines is 1. The number of nitriles is 1. The van der Waals surface area contributed by atoms with Crippen molar-refractivity contribution in [1.82, 2.24) is 4.98 Å². The monoisotopic (exact) mass is 233 g/mol. The summed E-state index contributed by atoms with van der Waals surface area (Å²) in [6.45, 7) is 3.93. The van der Waals surface area contributed by atoms with Gasteiger partial charge in [-0.1, -0.05) is 13.8 Å². The summed E-state index contributed by atoms with van der Waals surface area (Å²) < 4.78 is 0. The second-order valence-corrected chi connectivity index (χ2v) is 4.21.